The van der Waals surface area contributed by atoms with Crippen LogP contribution in [0.3, 0.4) is 0 Å². The van der Waals surface area contributed by atoms with Gasteiger partial charge in [-0.25, -0.2) is 0 Å². The van der Waals surface area contributed by atoms with Gasteiger partial charge in [0.15, 0.2) is 11.5 Å². The molecule has 0 unspecified atom stereocenters. The molecule has 0 heterocycles. The number of nitriles is 1. The van der Waals surface area contributed by atoms with E-state index in [0.29, 0.717) is 17.1 Å². The molecular weight excluding hydrogens is 178 g/mol. The molecule has 70 valence electrons. The van der Waals surface area contributed by atoms with E-state index in [2.05, 4.69) is 5.92 Å². The Labute approximate surface area is 82.9 Å². The third-order valence-corrected chi connectivity index (χ3v) is 1.60. The van der Waals surface area contributed by atoms with E-state index in [1.54, 1.807) is 18.2 Å². The predicted octanol–water partition coefficient (Wildman–Crippen LogP) is 1.58. The Hall–Kier alpha value is -2.13. The number of hydrogen-bond acceptors (Lipinski definition) is 3. The van der Waals surface area contributed by atoms with Crippen LogP contribution in [0, 0.1) is 23.7 Å². The molecule has 0 atom stereocenters. The summed E-state index contributed by atoms with van der Waals surface area (Å²) in [6.45, 7) is 0.183. The fourth-order valence-corrected chi connectivity index (χ4v) is 0.976. The van der Waals surface area contributed by atoms with E-state index in [4.69, 9.17) is 21.2 Å². The average Bonchev–Trinajstić information content (AvgIpc) is 2.26. The van der Waals surface area contributed by atoms with Gasteiger partial charge in [-0.3, -0.25) is 0 Å². The van der Waals surface area contributed by atoms with Gasteiger partial charge in [0.25, 0.3) is 0 Å². The van der Waals surface area contributed by atoms with Crippen LogP contribution in [0.25, 0.3) is 0 Å². The van der Waals surface area contributed by atoms with Crippen molar-refractivity contribution in [3.8, 4) is 29.9 Å². The highest BCUT2D eigenvalue weighted by atomic mass is 16.5. The summed E-state index contributed by atoms with van der Waals surface area (Å²) in [5, 5.41) is 8.65. The van der Waals surface area contributed by atoms with Crippen molar-refractivity contribution in [1.29, 1.82) is 5.26 Å². The molecule has 3 heteroatoms. The number of terminal acetylenes is 1. The molecule has 0 amide bonds. The second-order valence-corrected chi connectivity index (χ2v) is 2.47. The fourth-order valence-electron chi connectivity index (χ4n) is 0.976. The summed E-state index contributed by atoms with van der Waals surface area (Å²) in [7, 11) is 1.51. The smallest absolute Gasteiger partial charge is 0.162 e. The minimum Gasteiger partial charge on any atom is -0.493 e. The zero-order valence-corrected chi connectivity index (χ0v) is 7.78. The molecule has 0 radical (unpaired) electrons. The van der Waals surface area contributed by atoms with Crippen molar-refractivity contribution >= 4 is 0 Å². The van der Waals surface area contributed by atoms with E-state index in [1.165, 1.54) is 7.11 Å². The average molecular weight is 187 g/mol. The first-order valence-corrected chi connectivity index (χ1v) is 3.96. The molecule has 0 aliphatic carbocycles. The lowest BCUT2D eigenvalue weighted by molar-refractivity contribution is 0.331. The van der Waals surface area contributed by atoms with Crippen molar-refractivity contribution < 1.29 is 9.47 Å². The summed E-state index contributed by atoms with van der Waals surface area (Å²) in [4.78, 5) is 0. The van der Waals surface area contributed by atoms with Crippen molar-refractivity contribution in [3.63, 3.8) is 0 Å². The summed E-state index contributed by atoms with van der Waals surface area (Å²) >= 11 is 0. The molecule has 3 nitrogen and oxygen atoms in total. The van der Waals surface area contributed by atoms with Gasteiger partial charge in [0.05, 0.1) is 18.7 Å². The van der Waals surface area contributed by atoms with Crippen LogP contribution in [-0.4, -0.2) is 13.7 Å². The van der Waals surface area contributed by atoms with Gasteiger partial charge in [-0.15, -0.1) is 6.42 Å². The van der Waals surface area contributed by atoms with Crippen molar-refractivity contribution in [3.05, 3.63) is 23.8 Å². The van der Waals surface area contributed by atoms with E-state index in [-0.39, 0.29) is 6.61 Å². The monoisotopic (exact) mass is 187 g/mol. The van der Waals surface area contributed by atoms with E-state index < -0.39 is 0 Å². The van der Waals surface area contributed by atoms with Crippen molar-refractivity contribution in [1.82, 2.24) is 0 Å². The third kappa shape index (κ3) is 2.18. The number of hydrogen-bond donors (Lipinski definition) is 0. The molecule has 0 aliphatic heterocycles. The molecule has 0 bridgehead atoms. The molecule has 0 aliphatic rings. The van der Waals surface area contributed by atoms with Crippen LogP contribution in [0.2, 0.25) is 0 Å². The van der Waals surface area contributed by atoms with Gasteiger partial charge in [0.2, 0.25) is 0 Å². The van der Waals surface area contributed by atoms with Crippen molar-refractivity contribution in [2.24, 2.45) is 0 Å². The molecule has 1 aromatic rings. The Morgan fingerprint density at radius 3 is 2.79 bits per heavy atom. The quantitative estimate of drug-likeness (QED) is 0.674. The first-order chi connectivity index (χ1) is 6.81. The highest BCUT2D eigenvalue weighted by Crippen LogP contribution is 2.27. The second kappa shape index (κ2) is 4.79. The largest absolute Gasteiger partial charge is 0.493 e. The van der Waals surface area contributed by atoms with Crippen LogP contribution >= 0.6 is 0 Å². The van der Waals surface area contributed by atoms with Gasteiger partial charge in [-0.05, 0) is 12.1 Å². The Kier molecular flexibility index (Phi) is 3.41. The zero-order chi connectivity index (χ0) is 10.4. The topological polar surface area (TPSA) is 42.2 Å². The lowest BCUT2D eigenvalue weighted by Crippen LogP contribution is -1.96. The predicted molar refractivity (Wildman–Crippen MR) is 52.0 cm³/mol. The van der Waals surface area contributed by atoms with Crippen molar-refractivity contribution in [2.75, 3.05) is 13.7 Å². The normalized spacial score (nSPS) is 8.50. The molecule has 14 heavy (non-hydrogen) atoms. The SMILES string of the molecule is C#CCOc1ccc(C#N)cc1OC. The molecule has 0 fully saturated rings. The Balaban J connectivity index is 2.96. The second-order valence-electron chi connectivity index (χ2n) is 2.47. The van der Waals surface area contributed by atoms with Crippen LogP contribution in [0.4, 0.5) is 0 Å². The van der Waals surface area contributed by atoms with Gasteiger partial charge in [-0.1, -0.05) is 5.92 Å². The van der Waals surface area contributed by atoms with Crippen LogP contribution in [0.15, 0.2) is 18.2 Å². The standard InChI is InChI=1S/C11H9NO2/c1-3-6-14-10-5-4-9(8-12)7-11(10)13-2/h1,4-5,7H,6H2,2H3. The highest BCUT2D eigenvalue weighted by Gasteiger charge is 2.04. The van der Waals surface area contributed by atoms with Crippen LogP contribution in [0.1, 0.15) is 5.56 Å². The minimum absolute atomic E-state index is 0.183. The Morgan fingerprint density at radius 2 is 2.21 bits per heavy atom. The van der Waals surface area contributed by atoms with Crippen LogP contribution < -0.4 is 9.47 Å². The van der Waals surface area contributed by atoms with E-state index >= 15 is 0 Å². The minimum atomic E-state index is 0.183. The van der Waals surface area contributed by atoms with E-state index in [9.17, 15) is 0 Å². The molecule has 1 aromatic carbocycles. The number of rotatable bonds is 3. The van der Waals surface area contributed by atoms with Gasteiger partial charge in [0, 0.05) is 6.07 Å². The number of methoxy groups -OCH3 is 1. The van der Waals surface area contributed by atoms with Gasteiger partial charge < -0.3 is 9.47 Å². The maximum absolute atomic E-state index is 8.65. The van der Waals surface area contributed by atoms with Crippen molar-refractivity contribution in [2.45, 2.75) is 0 Å². The molecular formula is C11H9NO2. The van der Waals surface area contributed by atoms with Gasteiger partial charge >= 0.3 is 0 Å². The first-order valence-electron chi connectivity index (χ1n) is 3.96. The highest BCUT2D eigenvalue weighted by molar-refractivity contribution is 5.46. The zero-order valence-electron chi connectivity index (χ0n) is 7.78. The lowest BCUT2D eigenvalue weighted by Gasteiger charge is -2.07. The van der Waals surface area contributed by atoms with E-state index in [1.807, 2.05) is 6.07 Å². The molecule has 0 spiro atoms. The summed E-state index contributed by atoms with van der Waals surface area (Å²) in [6, 6.07) is 6.92. The first kappa shape index (κ1) is 9.95. The molecule has 0 N–H and O–H groups in total. The summed E-state index contributed by atoms with van der Waals surface area (Å²) in [6.07, 6.45) is 5.06. The van der Waals surface area contributed by atoms with Gasteiger partial charge in [0.1, 0.15) is 6.61 Å². The summed E-state index contributed by atoms with van der Waals surface area (Å²) < 4.78 is 10.2. The Bertz CT molecular complexity index is 399. The summed E-state index contributed by atoms with van der Waals surface area (Å²) in [5.74, 6) is 3.41. The fraction of sp³-hybridized carbons (Fsp3) is 0.182. The lowest BCUT2D eigenvalue weighted by atomic mass is 10.2. The number of benzene rings is 1. The number of ether oxygens (including phenoxy) is 2. The van der Waals surface area contributed by atoms with Gasteiger partial charge in [-0.2, -0.15) is 5.26 Å². The van der Waals surface area contributed by atoms with E-state index in [0.717, 1.165) is 0 Å². The molecule has 1 rings (SSSR count). The number of nitrogens with zero attached hydrogens (tertiary/aromatic N) is 1. The molecule has 0 saturated heterocycles. The van der Waals surface area contributed by atoms with Crippen LogP contribution in [0.5, 0.6) is 11.5 Å². The van der Waals surface area contributed by atoms with Crippen LogP contribution in [-0.2, 0) is 0 Å². The maximum atomic E-state index is 8.65. The Morgan fingerprint density at radius 1 is 1.43 bits per heavy atom. The maximum Gasteiger partial charge on any atom is 0.162 e. The molecule has 0 saturated carbocycles. The summed E-state index contributed by atoms with van der Waals surface area (Å²) in [5.41, 5.74) is 0.523. The molecule has 0 aromatic heterocycles. The third-order valence-electron chi connectivity index (χ3n) is 1.60.